The van der Waals surface area contributed by atoms with Crippen molar-refractivity contribution in [3.05, 3.63) is 64.2 Å². The van der Waals surface area contributed by atoms with Crippen LogP contribution in [-0.4, -0.2) is 42.9 Å². The second kappa shape index (κ2) is 13.8. The third kappa shape index (κ3) is 8.94. The summed E-state index contributed by atoms with van der Waals surface area (Å²) < 4.78 is 40.0. The van der Waals surface area contributed by atoms with Crippen molar-refractivity contribution in [1.82, 2.24) is 16.0 Å². The topological polar surface area (TPSA) is 125 Å². The van der Waals surface area contributed by atoms with Crippen molar-refractivity contribution in [2.75, 3.05) is 25.0 Å². The number of halogens is 3. The summed E-state index contributed by atoms with van der Waals surface area (Å²) in [5, 5.41) is 11.3. The number of carbonyl (C=O) groups is 3. The highest BCUT2D eigenvalue weighted by Crippen LogP contribution is 2.32. The van der Waals surface area contributed by atoms with Crippen molar-refractivity contribution in [1.29, 1.82) is 0 Å². The zero-order valence-electron chi connectivity index (χ0n) is 24.6. The Bertz CT molecular complexity index is 1240. The van der Waals surface area contributed by atoms with Gasteiger partial charge in [0.15, 0.2) is 0 Å². The van der Waals surface area contributed by atoms with Gasteiger partial charge in [-0.3, -0.25) is 14.4 Å². The Balaban J connectivity index is 2.20. The molecule has 6 N–H and O–H groups in total. The number of amides is 3. The highest BCUT2D eigenvalue weighted by molar-refractivity contribution is 6.02. The van der Waals surface area contributed by atoms with Gasteiger partial charge in [-0.2, -0.15) is 13.2 Å². The van der Waals surface area contributed by atoms with Gasteiger partial charge in [0.25, 0.3) is 5.91 Å². The number of hydrogen-bond acceptors (Lipinski definition) is 5. The summed E-state index contributed by atoms with van der Waals surface area (Å²) in [5.41, 5.74) is 5.68. The smallest absolute Gasteiger partial charge is 0.384 e. The van der Waals surface area contributed by atoms with E-state index < -0.39 is 47.0 Å². The minimum Gasteiger partial charge on any atom is -0.384 e. The minimum absolute atomic E-state index is 0.0119. The molecule has 0 aliphatic carbocycles. The Morgan fingerprint density at radius 3 is 2.22 bits per heavy atom. The molecule has 8 nitrogen and oxygen atoms in total. The fraction of sp³-hybridized carbons (Fsp3) is 0.500. The van der Waals surface area contributed by atoms with E-state index in [2.05, 4.69) is 21.3 Å². The summed E-state index contributed by atoms with van der Waals surface area (Å²) in [6.07, 6.45) is -3.04. The van der Waals surface area contributed by atoms with Crippen molar-refractivity contribution in [3.63, 3.8) is 0 Å². The normalized spacial score (nSPS) is 13.3. The number of carbonyl (C=O) groups excluding carboxylic acids is 3. The standard InChI is InChI=1S/C30H42F3N5O3/c1-7-8-13-36-24-12-11-22(30(31,32)33)15-23(24)26(40)37-17-25(39)38-29(27(34)41,28(4,5)6)18-35-16-21-10-9-19(2)14-20(21)3/h9-12,14-15,35-36H,7-8,13,16-18H2,1-6H3,(H2,34,41)(H,37,40)(H,38,39). The lowest BCUT2D eigenvalue weighted by Gasteiger charge is -2.43. The largest absolute Gasteiger partial charge is 0.416 e. The third-order valence-electron chi connectivity index (χ3n) is 7.10. The minimum atomic E-state index is -4.65. The van der Waals surface area contributed by atoms with Gasteiger partial charge in [0, 0.05) is 25.3 Å². The monoisotopic (exact) mass is 577 g/mol. The predicted molar refractivity (Wildman–Crippen MR) is 154 cm³/mol. The Labute approximate surface area is 240 Å². The first kappa shape index (κ1) is 33.6. The molecule has 0 bridgehead atoms. The average Bonchev–Trinajstić information content (AvgIpc) is 2.86. The van der Waals surface area contributed by atoms with Gasteiger partial charge in [0.05, 0.1) is 17.7 Å². The second-order valence-corrected chi connectivity index (χ2v) is 11.3. The quantitative estimate of drug-likeness (QED) is 0.225. The molecule has 3 amide bonds. The molecule has 2 aromatic carbocycles. The lowest BCUT2D eigenvalue weighted by molar-refractivity contribution is -0.137. The van der Waals surface area contributed by atoms with E-state index in [-0.39, 0.29) is 17.8 Å². The van der Waals surface area contributed by atoms with Gasteiger partial charge in [-0.05, 0) is 55.0 Å². The van der Waals surface area contributed by atoms with Crippen LogP contribution in [0.1, 0.15) is 73.1 Å². The Morgan fingerprint density at radius 1 is 0.976 bits per heavy atom. The van der Waals surface area contributed by atoms with E-state index in [1.807, 2.05) is 39.0 Å². The summed E-state index contributed by atoms with van der Waals surface area (Å²) in [6.45, 7) is 11.5. The number of alkyl halides is 3. The molecule has 0 fully saturated rings. The summed E-state index contributed by atoms with van der Waals surface area (Å²) in [7, 11) is 0. The molecular weight excluding hydrogens is 535 g/mol. The number of anilines is 1. The highest BCUT2D eigenvalue weighted by atomic mass is 19.4. The number of primary amides is 1. The van der Waals surface area contributed by atoms with Crippen LogP contribution in [0.25, 0.3) is 0 Å². The maximum absolute atomic E-state index is 13.3. The lowest BCUT2D eigenvalue weighted by Crippen LogP contribution is -2.69. The van der Waals surface area contributed by atoms with E-state index in [4.69, 9.17) is 5.73 Å². The SMILES string of the molecule is CCCCNc1ccc(C(F)(F)F)cc1C(=O)NCC(=O)NC(CNCc1ccc(C)cc1C)(C(N)=O)C(C)(C)C. The van der Waals surface area contributed by atoms with E-state index in [1.165, 1.54) is 6.07 Å². The molecule has 0 aromatic heterocycles. The van der Waals surface area contributed by atoms with Crippen molar-refractivity contribution in [2.45, 2.75) is 72.6 Å². The summed E-state index contributed by atoms with van der Waals surface area (Å²) in [6, 6.07) is 8.85. The average molecular weight is 578 g/mol. The van der Waals surface area contributed by atoms with Gasteiger partial charge in [-0.25, -0.2) is 0 Å². The van der Waals surface area contributed by atoms with Crippen LogP contribution in [-0.2, 0) is 22.3 Å². The van der Waals surface area contributed by atoms with Crippen LogP contribution in [0.4, 0.5) is 18.9 Å². The maximum Gasteiger partial charge on any atom is 0.416 e. The van der Waals surface area contributed by atoms with Gasteiger partial charge in [0.2, 0.25) is 11.8 Å². The molecule has 11 heteroatoms. The lowest BCUT2D eigenvalue weighted by atomic mass is 9.72. The van der Waals surface area contributed by atoms with E-state index in [0.717, 1.165) is 41.7 Å². The van der Waals surface area contributed by atoms with Gasteiger partial charge in [-0.15, -0.1) is 0 Å². The second-order valence-electron chi connectivity index (χ2n) is 11.3. The number of benzene rings is 2. The molecule has 0 radical (unpaired) electrons. The fourth-order valence-electron chi connectivity index (χ4n) is 4.44. The van der Waals surface area contributed by atoms with E-state index >= 15 is 0 Å². The number of aryl methyl sites for hydroxylation is 2. The molecule has 0 aliphatic rings. The first-order valence-corrected chi connectivity index (χ1v) is 13.6. The number of nitrogens with one attached hydrogen (secondary N) is 4. The summed E-state index contributed by atoms with van der Waals surface area (Å²) in [4.78, 5) is 38.8. The van der Waals surface area contributed by atoms with Gasteiger partial charge >= 0.3 is 6.18 Å². The number of rotatable bonds is 13. The summed E-state index contributed by atoms with van der Waals surface area (Å²) >= 11 is 0. The fourth-order valence-corrected chi connectivity index (χ4v) is 4.44. The molecule has 0 saturated heterocycles. The number of unbranched alkanes of at least 4 members (excludes halogenated alkanes) is 1. The molecule has 226 valence electrons. The van der Waals surface area contributed by atoms with Crippen molar-refractivity contribution in [2.24, 2.45) is 11.1 Å². The van der Waals surface area contributed by atoms with Crippen molar-refractivity contribution in [3.8, 4) is 0 Å². The van der Waals surface area contributed by atoms with E-state index in [1.54, 1.807) is 20.8 Å². The highest BCUT2D eigenvalue weighted by Gasteiger charge is 2.48. The molecule has 0 saturated carbocycles. The van der Waals surface area contributed by atoms with E-state index in [9.17, 15) is 27.6 Å². The summed E-state index contributed by atoms with van der Waals surface area (Å²) in [5.74, 6) is -2.34. The molecule has 0 heterocycles. The first-order valence-electron chi connectivity index (χ1n) is 13.6. The van der Waals surface area contributed by atoms with Crippen LogP contribution in [0.3, 0.4) is 0 Å². The first-order chi connectivity index (χ1) is 19.0. The van der Waals surface area contributed by atoms with Crippen molar-refractivity contribution < 1.29 is 27.6 Å². The zero-order chi connectivity index (χ0) is 31.0. The molecule has 2 aromatic rings. The van der Waals surface area contributed by atoms with Gasteiger partial charge < -0.3 is 27.0 Å². The number of nitrogens with two attached hydrogens (primary N) is 1. The Morgan fingerprint density at radius 2 is 1.66 bits per heavy atom. The van der Waals surface area contributed by atoms with Crippen molar-refractivity contribution >= 4 is 23.4 Å². The van der Waals surface area contributed by atoms with Crippen LogP contribution in [0.15, 0.2) is 36.4 Å². The van der Waals surface area contributed by atoms with E-state index in [0.29, 0.717) is 13.1 Å². The third-order valence-corrected chi connectivity index (χ3v) is 7.10. The molecule has 0 aliphatic heterocycles. The van der Waals surface area contributed by atoms with Crippen LogP contribution in [0.2, 0.25) is 0 Å². The van der Waals surface area contributed by atoms with Crippen LogP contribution in [0.5, 0.6) is 0 Å². The van der Waals surface area contributed by atoms with Gasteiger partial charge in [-0.1, -0.05) is 57.9 Å². The zero-order valence-corrected chi connectivity index (χ0v) is 24.6. The Kier molecular flexibility index (Phi) is 11.3. The van der Waals surface area contributed by atoms with Crippen LogP contribution in [0, 0.1) is 19.3 Å². The van der Waals surface area contributed by atoms with Crippen LogP contribution >= 0.6 is 0 Å². The molecule has 2 rings (SSSR count). The Hall–Kier alpha value is -3.60. The predicted octanol–water partition coefficient (Wildman–Crippen LogP) is 4.44. The molecule has 41 heavy (non-hydrogen) atoms. The molecule has 1 atom stereocenters. The molecule has 0 spiro atoms. The maximum atomic E-state index is 13.3. The number of hydrogen-bond donors (Lipinski definition) is 5. The van der Waals surface area contributed by atoms with Gasteiger partial charge in [0.1, 0.15) is 5.54 Å². The van der Waals surface area contributed by atoms with Crippen LogP contribution < -0.4 is 27.0 Å². The molecular formula is C30H42F3N5O3. The molecule has 1 unspecified atom stereocenters.